The van der Waals surface area contributed by atoms with Crippen molar-refractivity contribution in [3.8, 4) is 0 Å². The summed E-state index contributed by atoms with van der Waals surface area (Å²) < 4.78 is 0.879. The number of amides is 2. The molecule has 0 saturated carbocycles. The Morgan fingerprint density at radius 1 is 1.08 bits per heavy atom. The molecule has 3 N–H and O–H groups in total. The topological polar surface area (TPSA) is 70.2 Å². The molecule has 0 heterocycles. The maximum absolute atomic E-state index is 12.2. The van der Waals surface area contributed by atoms with Crippen LogP contribution in [0.15, 0.2) is 65.7 Å². The summed E-state index contributed by atoms with van der Waals surface area (Å²) in [5.41, 5.74) is 1.40. The lowest BCUT2D eigenvalue weighted by atomic mass is 10.1. The van der Waals surface area contributed by atoms with Crippen LogP contribution in [0.3, 0.4) is 0 Å². The first-order valence-corrected chi connectivity index (χ1v) is 8.57. The first-order valence-electron chi connectivity index (χ1n) is 7.37. The Hall–Kier alpha value is -2.51. The number of rotatable bonds is 5. The number of benzene rings is 2. The quantitative estimate of drug-likeness (QED) is 0.514. The van der Waals surface area contributed by atoms with Gasteiger partial charge in [-0.25, -0.2) is 0 Å². The third-order valence-electron chi connectivity index (χ3n) is 3.16. The lowest BCUT2D eigenvalue weighted by molar-refractivity contribution is 0.0956. The molecular weight excluding hydrogens is 402 g/mol. The van der Waals surface area contributed by atoms with Crippen LogP contribution >= 0.6 is 28.1 Å². The zero-order valence-corrected chi connectivity index (χ0v) is 15.6. The van der Waals surface area contributed by atoms with Gasteiger partial charge < -0.3 is 10.6 Å². The van der Waals surface area contributed by atoms with Crippen LogP contribution < -0.4 is 16.0 Å². The Balaban J connectivity index is 2.05. The summed E-state index contributed by atoms with van der Waals surface area (Å²) in [7, 11) is 0. The minimum atomic E-state index is -0.335. The second-order valence-corrected chi connectivity index (χ2v) is 6.28. The molecule has 0 aliphatic rings. The molecule has 0 bridgehead atoms. The van der Waals surface area contributed by atoms with Crippen molar-refractivity contribution < 1.29 is 9.59 Å². The highest BCUT2D eigenvalue weighted by Crippen LogP contribution is 2.15. The fraction of sp³-hybridized carbons (Fsp3) is 0.0556. The lowest BCUT2D eigenvalue weighted by Gasteiger charge is -2.13. The molecule has 2 aromatic carbocycles. The Morgan fingerprint density at radius 3 is 2.44 bits per heavy atom. The van der Waals surface area contributed by atoms with Crippen LogP contribution in [0, 0.1) is 0 Å². The van der Waals surface area contributed by atoms with Gasteiger partial charge >= 0.3 is 0 Å². The van der Waals surface area contributed by atoms with Crippen molar-refractivity contribution >= 4 is 50.8 Å². The van der Waals surface area contributed by atoms with E-state index in [1.54, 1.807) is 54.6 Å². The monoisotopic (exact) mass is 417 g/mol. The summed E-state index contributed by atoms with van der Waals surface area (Å²) in [6, 6.07) is 13.8. The Labute approximate surface area is 159 Å². The van der Waals surface area contributed by atoms with Crippen LogP contribution in [0.25, 0.3) is 0 Å². The highest BCUT2D eigenvalue weighted by molar-refractivity contribution is 9.10. The van der Waals surface area contributed by atoms with E-state index in [2.05, 4.69) is 38.5 Å². The lowest BCUT2D eigenvalue weighted by Crippen LogP contribution is -2.35. The van der Waals surface area contributed by atoms with Gasteiger partial charge in [0.1, 0.15) is 0 Å². The van der Waals surface area contributed by atoms with Gasteiger partial charge in [0.15, 0.2) is 5.11 Å². The van der Waals surface area contributed by atoms with Gasteiger partial charge in [0.05, 0.1) is 11.3 Å². The van der Waals surface area contributed by atoms with Crippen LogP contribution in [0.5, 0.6) is 0 Å². The van der Waals surface area contributed by atoms with Gasteiger partial charge in [0.2, 0.25) is 0 Å². The number of halogens is 1. The van der Waals surface area contributed by atoms with Gasteiger partial charge in [-0.3, -0.25) is 14.9 Å². The molecule has 2 rings (SSSR count). The molecule has 0 unspecified atom stereocenters. The zero-order valence-electron chi connectivity index (χ0n) is 13.2. The third-order valence-corrected chi connectivity index (χ3v) is 3.89. The minimum absolute atomic E-state index is 0.108. The van der Waals surface area contributed by atoms with E-state index in [0.29, 0.717) is 23.4 Å². The van der Waals surface area contributed by atoms with Gasteiger partial charge in [0.25, 0.3) is 11.8 Å². The maximum Gasteiger partial charge on any atom is 0.257 e. The molecule has 0 atom stereocenters. The van der Waals surface area contributed by atoms with Crippen molar-refractivity contribution in [3.63, 3.8) is 0 Å². The van der Waals surface area contributed by atoms with Gasteiger partial charge in [-0.05, 0) is 48.6 Å². The molecule has 0 aliphatic carbocycles. The minimum Gasteiger partial charge on any atom is -0.349 e. The molecule has 0 spiro atoms. The molecular formula is C18H16BrN3O2S. The predicted molar refractivity (Wildman–Crippen MR) is 107 cm³/mol. The molecule has 0 saturated heterocycles. The number of anilines is 1. The first-order chi connectivity index (χ1) is 12.0. The Morgan fingerprint density at radius 2 is 1.76 bits per heavy atom. The van der Waals surface area contributed by atoms with Gasteiger partial charge in [-0.2, -0.15) is 0 Å². The number of hydrogen-bond donors (Lipinski definition) is 3. The number of carbonyl (C=O) groups excluding carboxylic acids is 2. The summed E-state index contributed by atoms with van der Waals surface area (Å²) in [5.74, 6) is -0.594. The molecule has 5 nitrogen and oxygen atoms in total. The molecule has 0 fully saturated rings. The first kappa shape index (κ1) is 18.8. The van der Waals surface area contributed by atoms with Crippen molar-refractivity contribution in [2.45, 2.75) is 0 Å². The number of nitrogens with one attached hydrogen (secondary N) is 3. The fourth-order valence-corrected chi connectivity index (χ4v) is 2.45. The highest BCUT2D eigenvalue weighted by atomic mass is 79.9. The largest absolute Gasteiger partial charge is 0.349 e. The molecule has 2 aromatic rings. The van der Waals surface area contributed by atoms with Crippen molar-refractivity contribution in [1.29, 1.82) is 0 Å². The van der Waals surface area contributed by atoms with Crippen LogP contribution in [-0.2, 0) is 0 Å². The number of thiocarbonyl (C=S) groups is 1. The Bertz CT molecular complexity index is 806. The number of hydrogen-bond acceptors (Lipinski definition) is 3. The van der Waals surface area contributed by atoms with Gasteiger partial charge in [-0.1, -0.05) is 34.1 Å². The normalized spacial score (nSPS) is 9.80. The third kappa shape index (κ3) is 5.51. The van der Waals surface area contributed by atoms with E-state index in [1.165, 1.54) is 0 Å². The molecule has 128 valence electrons. The summed E-state index contributed by atoms with van der Waals surface area (Å²) in [6.45, 7) is 3.92. The molecule has 0 aliphatic heterocycles. The highest BCUT2D eigenvalue weighted by Gasteiger charge is 2.13. The molecule has 25 heavy (non-hydrogen) atoms. The van der Waals surface area contributed by atoms with Crippen molar-refractivity contribution in [2.24, 2.45) is 0 Å². The van der Waals surface area contributed by atoms with Crippen LogP contribution in [0.4, 0.5) is 5.69 Å². The van der Waals surface area contributed by atoms with E-state index in [0.717, 1.165) is 4.47 Å². The van der Waals surface area contributed by atoms with E-state index in [-0.39, 0.29) is 16.9 Å². The zero-order chi connectivity index (χ0) is 18.2. The molecule has 0 radical (unpaired) electrons. The Kier molecular flexibility index (Phi) is 6.85. The van der Waals surface area contributed by atoms with Crippen molar-refractivity contribution in [2.75, 3.05) is 11.9 Å². The average Bonchev–Trinajstić information content (AvgIpc) is 2.60. The summed E-state index contributed by atoms with van der Waals surface area (Å²) in [6.07, 6.45) is 1.59. The molecule has 2 amide bonds. The van der Waals surface area contributed by atoms with E-state index in [1.807, 2.05) is 0 Å². The van der Waals surface area contributed by atoms with Gasteiger partial charge in [0, 0.05) is 16.6 Å². The molecule has 0 aromatic heterocycles. The maximum atomic E-state index is 12.2. The van der Waals surface area contributed by atoms with Crippen LogP contribution in [0.2, 0.25) is 0 Å². The summed E-state index contributed by atoms with van der Waals surface area (Å²) in [4.78, 5) is 24.3. The van der Waals surface area contributed by atoms with E-state index in [4.69, 9.17) is 12.2 Å². The molecule has 7 heteroatoms. The predicted octanol–water partition coefficient (Wildman–Crippen LogP) is 3.49. The van der Waals surface area contributed by atoms with Crippen LogP contribution in [-0.4, -0.2) is 23.5 Å². The van der Waals surface area contributed by atoms with E-state index >= 15 is 0 Å². The SMILES string of the molecule is C=CCNC(=O)c1ccccc1NC(=S)NC(=O)c1ccc(Br)cc1. The summed E-state index contributed by atoms with van der Waals surface area (Å²) in [5, 5.41) is 8.29. The van der Waals surface area contributed by atoms with E-state index in [9.17, 15) is 9.59 Å². The standard InChI is InChI=1S/C18H16BrN3O2S/c1-2-11-20-17(24)14-5-3-4-6-15(14)21-18(25)22-16(23)12-7-9-13(19)10-8-12/h2-10H,1,11H2,(H,20,24)(H2,21,22,23,25). The average molecular weight is 418 g/mol. The van der Waals surface area contributed by atoms with E-state index < -0.39 is 0 Å². The number of carbonyl (C=O) groups is 2. The van der Waals surface area contributed by atoms with Gasteiger partial charge in [-0.15, -0.1) is 6.58 Å². The van der Waals surface area contributed by atoms with Crippen LogP contribution in [0.1, 0.15) is 20.7 Å². The summed E-state index contributed by atoms with van der Waals surface area (Å²) >= 11 is 8.49. The van der Waals surface area contributed by atoms with Crippen molar-refractivity contribution in [1.82, 2.24) is 10.6 Å². The van der Waals surface area contributed by atoms with Crippen molar-refractivity contribution in [3.05, 3.63) is 76.8 Å². The fourth-order valence-electron chi connectivity index (χ4n) is 1.98. The second-order valence-electron chi connectivity index (χ2n) is 4.96. The smallest absolute Gasteiger partial charge is 0.257 e. The number of para-hydroxylation sites is 1. The second kappa shape index (κ2) is 9.10.